The second kappa shape index (κ2) is 7.95. The maximum atomic E-state index is 13.6. The molecule has 170 valence electrons. The fourth-order valence-corrected chi connectivity index (χ4v) is 3.66. The van der Waals surface area contributed by atoms with Crippen molar-refractivity contribution in [2.75, 3.05) is 0 Å². The minimum Gasteiger partial charge on any atom is -0.489 e. The molecule has 0 saturated heterocycles. The Labute approximate surface area is 179 Å². The van der Waals surface area contributed by atoms with Crippen molar-refractivity contribution in [1.82, 2.24) is 4.57 Å². The van der Waals surface area contributed by atoms with Gasteiger partial charge in [-0.3, -0.25) is 18.7 Å². The summed E-state index contributed by atoms with van der Waals surface area (Å²) in [6, 6.07) is 6.59. The summed E-state index contributed by atoms with van der Waals surface area (Å²) in [5.74, 6) is -0.786. The zero-order chi connectivity index (χ0) is 24.0. The first kappa shape index (κ1) is 23.3. The quantitative estimate of drug-likeness (QED) is 0.552. The third-order valence-corrected chi connectivity index (χ3v) is 5.29. The summed E-state index contributed by atoms with van der Waals surface area (Å²) in [7, 11) is -4.81. The number of fused-ring (bicyclic) bond motifs is 1. The Hall–Kier alpha value is -3.38. The Kier molecular flexibility index (Phi) is 5.78. The third kappa shape index (κ3) is 4.46. The summed E-state index contributed by atoms with van der Waals surface area (Å²) < 4.78 is 79.6. The number of rotatable bonds is 5. The van der Waals surface area contributed by atoms with Gasteiger partial charge in [0.15, 0.2) is 0 Å². The molecule has 0 unspecified atom stereocenters. The minimum absolute atomic E-state index is 0.00156. The van der Waals surface area contributed by atoms with Gasteiger partial charge < -0.3 is 10.5 Å². The van der Waals surface area contributed by atoms with Crippen LogP contribution in [0.3, 0.4) is 0 Å². The lowest BCUT2D eigenvalue weighted by atomic mass is 10.1. The molecule has 0 radical (unpaired) electrons. The number of primary amides is 1. The number of aromatic nitrogens is 1. The van der Waals surface area contributed by atoms with Crippen LogP contribution in [0.15, 0.2) is 52.2 Å². The third-order valence-electron chi connectivity index (χ3n) is 4.44. The van der Waals surface area contributed by atoms with E-state index in [4.69, 9.17) is 10.5 Å². The average Bonchev–Trinajstić information content (AvgIpc) is 2.65. The van der Waals surface area contributed by atoms with Crippen LogP contribution >= 0.6 is 0 Å². The van der Waals surface area contributed by atoms with Gasteiger partial charge in [-0.1, -0.05) is 0 Å². The van der Waals surface area contributed by atoms with E-state index in [0.717, 1.165) is 16.7 Å². The molecule has 1 aromatic heterocycles. The molecule has 0 saturated carbocycles. The van der Waals surface area contributed by atoms with E-state index in [-0.39, 0.29) is 22.5 Å². The van der Waals surface area contributed by atoms with Crippen molar-refractivity contribution in [3.05, 3.63) is 63.9 Å². The molecule has 1 heterocycles. The number of carbonyl (C=O) groups excluding carboxylic acids is 1. The van der Waals surface area contributed by atoms with Crippen molar-refractivity contribution in [3.8, 4) is 11.4 Å². The monoisotopic (exact) mass is 470 g/mol. The van der Waals surface area contributed by atoms with Crippen LogP contribution in [0.2, 0.25) is 0 Å². The van der Waals surface area contributed by atoms with E-state index in [9.17, 15) is 35.7 Å². The average molecular weight is 470 g/mol. The number of amides is 1. The van der Waals surface area contributed by atoms with E-state index in [1.165, 1.54) is 18.2 Å². The number of nitrogens with zero attached hydrogens (tertiary/aromatic N) is 1. The maximum Gasteiger partial charge on any atom is 0.417 e. The molecule has 0 aliphatic carbocycles. The van der Waals surface area contributed by atoms with Crippen molar-refractivity contribution in [1.29, 1.82) is 0 Å². The Morgan fingerprint density at radius 2 is 1.78 bits per heavy atom. The second-order valence-corrected chi connectivity index (χ2v) is 8.52. The highest BCUT2D eigenvalue weighted by Gasteiger charge is 2.35. The molecular weight excluding hydrogens is 453 g/mol. The molecule has 1 amide bonds. The number of pyridine rings is 1. The number of nitrogens with two attached hydrogens (primary N) is 1. The van der Waals surface area contributed by atoms with Gasteiger partial charge in [0.2, 0.25) is 5.91 Å². The molecule has 3 aromatic rings. The predicted molar refractivity (Wildman–Crippen MR) is 109 cm³/mol. The van der Waals surface area contributed by atoms with Gasteiger partial charge in [0.1, 0.15) is 5.75 Å². The van der Waals surface area contributed by atoms with Crippen molar-refractivity contribution in [3.63, 3.8) is 0 Å². The standard InChI is InChI=1S/C20H17F3N2O6S/c1-10(2)31-17-7-11(19(24)27)3-5-16(17)25-15-6-4-12(32(28,29)30)8-13(15)14(9-18(25)26)20(21,22)23/h3-10H,1-2H3,(H2,24,27)(H,28,29,30). The van der Waals surface area contributed by atoms with Gasteiger partial charge in [0.25, 0.3) is 15.7 Å². The topological polar surface area (TPSA) is 129 Å². The molecule has 0 fully saturated rings. The summed E-state index contributed by atoms with van der Waals surface area (Å²) in [5.41, 5.74) is 2.58. The van der Waals surface area contributed by atoms with Gasteiger partial charge >= 0.3 is 6.18 Å². The van der Waals surface area contributed by atoms with E-state index in [1.54, 1.807) is 13.8 Å². The van der Waals surface area contributed by atoms with Gasteiger partial charge in [-0.15, -0.1) is 0 Å². The Bertz CT molecular complexity index is 1390. The molecule has 2 aromatic carbocycles. The SMILES string of the molecule is CC(C)Oc1cc(C(N)=O)ccc1-n1c(=O)cc(C(F)(F)F)c2cc(S(=O)(=O)O)ccc21. The highest BCUT2D eigenvalue weighted by atomic mass is 32.2. The summed E-state index contributed by atoms with van der Waals surface area (Å²) in [5, 5.41) is -0.637. The Balaban J connectivity index is 2.46. The Morgan fingerprint density at radius 3 is 2.31 bits per heavy atom. The second-order valence-electron chi connectivity index (χ2n) is 7.10. The fraction of sp³-hybridized carbons (Fsp3) is 0.200. The van der Waals surface area contributed by atoms with E-state index < -0.39 is 49.7 Å². The van der Waals surface area contributed by atoms with E-state index in [1.807, 2.05) is 0 Å². The van der Waals surface area contributed by atoms with Crippen molar-refractivity contribution >= 4 is 26.9 Å². The van der Waals surface area contributed by atoms with Crippen LogP contribution in [-0.2, 0) is 16.3 Å². The zero-order valence-corrected chi connectivity index (χ0v) is 17.5. The maximum absolute atomic E-state index is 13.6. The number of hydrogen-bond donors (Lipinski definition) is 2. The highest BCUT2D eigenvalue weighted by Crippen LogP contribution is 2.36. The molecule has 0 aliphatic rings. The lowest BCUT2D eigenvalue weighted by Gasteiger charge is -2.20. The molecule has 3 N–H and O–H groups in total. The number of ether oxygens (including phenoxy) is 1. The molecule has 0 spiro atoms. The number of carbonyl (C=O) groups is 1. The molecule has 0 aliphatic heterocycles. The van der Waals surface area contributed by atoms with Crippen LogP contribution in [-0.4, -0.2) is 29.5 Å². The normalized spacial score (nSPS) is 12.3. The molecule has 8 nitrogen and oxygen atoms in total. The minimum atomic E-state index is -4.98. The summed E-state index contributed by atoms with van der Waals surface area (Å²) in [6.07, 6.45) is -5.42. The van der Waals surface area contributed by atoms with Gasteiger partial charge in [-0.05, 0) is 50.2 Å². The van der Waals surface area contributed by atoms with Crippen LogP contribution in [0.5, 0.6) is 5.75 Å². The van der Waals surface area contributed by atoms with Crippen LogP contribution in [0.1, 0.15) is 29.8 Å². The lowest BCUT2D eigenvalue weighted by molar-refractivity contribution is -0.136. The first-order valence-electron chi connectivity index (χ1n) is 9.05. The first-order valence-corrected chi connectivity index (χ1v) is 10.5. The van der Waals surface area contributed by atoms with E-state index in [0.29, 0.717) is 12.1 Å². The number of benzene rings is 2. The smallest absolute Gasteiger partial charge is 0.417 e. The number of halogens is 3. The zero-order valence-electron chi connectivity index (χ0n) is 16.7. The predicted octanol–water partition coefficient (Wildman–Crippen LogP) is 3.14. The van der Waals surface area contributed by atoms with Crippen LogP contribution < -0.4 is 16.0 Å². The number of alkyl halides is 3. The molecule has 0 atom stereocenters. The van der Waals surface area contributed by atoms with Gasteiger partial charge in [0.05, 0.1) is 27.8 Å². The molecule has 12 heteroatoms. The summed E-state index contributed by atoms with van der Waals surface area (Å²) >= 11 is 0. The lowest BCUT2D eigenvalue weighted by Crippen LogP contribution is -2.23. The van der Waals surface area contributed by atoms with E-state index >= 15 is 0 Å². The van der Waals surface area contributed by atoms with Crippen LogP contribution in [0, 0.1) is 0 Å². The molecule has 0 bridgehead atoms. The fourth-order valence-electron chi connectivity index (χ4n) is 3.15. The van der Waals surface area contributed by atoms with Crippen molar-refractivity contribution in [2.45, 2.75) is 31.0 Å². The first-order chi connectivity index (χ1) is 14.7. The van der Waals surface area contributed by atoms with Crippen molar-refractivity contribution < 1.29 is 35.7 Å². The van der Waals surface area contributed by atoms with Crippen molar-refractivity contribution in [2.24, 2.45) is 5.73 Å². The molecule has 3 rings (SSSR count). The largest absolute Gasteiger partial charge is 0.489 e. The highest BCUT2D eigenvalue weighted by molar-refractivity contribution is 7.85. The number of hydrogen-bond acceptors (Lipinski definition) is 5. The van der Waals surface area contributed by atoms with E-state index in [2.05, 4.69) is 0 Å². The molecular formula is C20H17F3N2O6S. The summed E-state index contributed by atoms with van der Waals surface area (Å²) in [6.45, 7) is 3.32. The summed E-state index contributed by atoms with van der Waals surface area (Å²) in [4.78, 5) is 23.6. The molecule has 32 heavy (non-hydrogen) atoms. The Morgan fingerprint density at radius 1 is 1.12 bits per heavy atom. The van der Waals surface area contributed by atoms with Gasteiger partial charge in [-0.2, -0.15) is 21.6 Å². The van der Waals surface area contributed by atoms with Crippen LogP contribution in [0.4, 0.5) is 13.2 Å². The van der Waals surface area contributed by atoms with Gasteiger partial charge in [-0.25, -0.2) is 0 Å². The van der Waals surface area contributed by atoms with Gasteiger partial charge in [0, 0.05) is 17.0 Å². The van der Waals surface area contributed by atoms with Crippen LogP contribution in [0.25, 0.3) is 16.6 Å².